The molecule has 1 amide bonds. The number of amides is 1. The number of hydrogen-bond acceptors (Lipinski definition) is 6. The van der Waals surface area contributed by atoms with E-state index in [1.54, 1.807) is 28.7 Å². The molecule has 3 aromatic heterocycles. The van der Waals surface area contributed by atoms with E-state index < -0.39 is 0 Å². The van der Waals surface area contributed by atoms with Crippen LogP contribution in [0.4, 0.5) is 0 Å². The van der Waals surface area contributed by atoms with Crippen LogP contribution in [0.5, 0.6) is 0 Å². The average molecular weight is 347 g/mol. The minimum atomic E-state index is -0.223. The molecule has 0 spiro atoms. The van der Waals surface area contributed by atoms with Crippen molar-refractivity contribution in [3.8, 4) is 10.6 Å². The van der Waals surface area contributed by atoms with Crippen LogP contribution in [0.1, 0.15) is 22.1 Å². The summed E-state index contributed by atoms with van der Waals surface area (Å²) in [6, 6.07) is 7.76. The Balaban J connectivity index is 1.65. The Morgan fingerprint density at radius 1 is 1.39 bits per heavy atom. The second-order valence-electron chi connectivity index (χ2n) is 5.30. The highest BCUT2D eigenvalue weighted by molar-refractivity contribution is 7.13. The molecule has 0 radical (unpaired) electrons. The maximum atomic E-state index is 12.3. The quantitative estimate of drug-likeness (QED) is 0.741. The zero-order valence-corrected chi connectivity index (χ0v) is 14.5. The van der Waals surface area contributed by atoms with Crippen LogP contribution in [-0.2, 0) is 0 Å². The van der Waals surface area contributed by atoms with Crippen molar-refractivity contribution in [2.45, 2.75) is 6.04 Å². The van der Waals surface area contributed by atoms with Gasteiger partial charge in [-0.2, -0.15) is 11.3 Å². The molecule has 1 atom stereocenters. The third-order valence-electron chi connectivity index (χ3n) is 3.51. The monoisotopic (exact) mass is 347 g/mol. The molecular weight excluding hydrogens is 330 g/mol. The molecular formula is C16H17N3O2S2. The van der Waals surface area contributed by atoms with E-state index in [-0.39, 0.29) is 11.9 Å². The Labute approximate surface area is 142 Å². The van der Waals surface area contributed by atoms with Crippen molar-refractivity contribution in [2.75, 3.05) is 20.6 Å². The zero-order valence-electron chi connectivity index (χ0n) is 12.9. The normalized spacial score (nSPS) is 12.5. The molecule has 0 aliphatic heterocycles. The summed E-state index contributed by atoms with van der Waals surface area (Å²) >= 11 is 3.20. The molecule has 0 fully saturated rings. The van der Waals surface area contributed by atoms with Crippen molar-refractivity contribution in [1.82, 2.24) is 15.4 Å². The molecule has 5 nitrogen and oxygen atoms in total. The molecule has 0 bridgehead atoms. The van der Waals surface area contributed by atoms with Gasteiger partial charge in [-0.05, 0) is 47.9 Å². The van der Waals surface area contributed by atoms with E-state index >= 15 is 0 Å². The Bertz CT molecular complexity index is 748. The number of aromatic nitrogens is 1. The highest BCUT2D eigenvalue weighted by Crippen LogP contribution is 2.25. The fourth-order valence-electron chi connectivity index (χ4n) is 2.26. The molecule has 1 unspecified atom stereocenters. The molecule has 3 rings (SSSR count). The van der Waals surface area contributed by atoms with Gasteiger partial charge in [0.2, 0.25) is 0 Å². The smallest absolute Gasteiger partial charge is 0.273 e. The first-order valence-corrected chi connectivity index (χ1v) is 8.94. The van der Waals surface area contributed by atoms with Crippen molar-refractivity contribution >= 4 is 28.6 Å². The molecule has 0 aliphatic rings. The van der Waals surface area contributed by atoms with Gasteiger partial charge in [0, 0.05) is 12.6 Å². The molecule has 3 heterocycles. The highest BCUT2D eigenvalue weighted by atomic mass is 32.1. The second-order valence-corrected chi connectivity index (χ2v) is 7.03. The molecule has 23 heavy (non-hydrogen) atoms. The molecule has 0 saturated carbocycles. The highest BCUT2D eigenvalue weighted by Gasteiger charge is 2.18. The van der Waals surface area contributed by atoms with E-state index in [2.05, 4.69) is 26.8 Å². The van der Waals surface area contributed by atoms with Gasteiger partial charge in [-0.3, -0.25) is 4.79 Å². The van der Waals surface area contributed by atoms with E-state index in [0.717, 1.165) is 4.88 Å². The molecule has 7 heteroatoms. The van der Waals surface area contributed by atoms with Crippen LogP contribution in [0.2, 0.25) is 0 Å². The van der Waals surface area contributed by atoms with Crippen LogP contribution in [0.25, 0.3) is 10.6 Å². The van der Waals surface area contributed by atoms with Crippen LogP contribution in [0.15, 0.2) is 44.9 Å². The number of carbonyl (C=O) groups is 1. The van der Waals surface area contributed by atoms with E-state index in [4.69, 9.17) is 4.52 Å². The van der Waals surface area contributed by atoms with Crippen molar-refractivity contribution in [3.63, 3.8) is 0 Å². The van der Waals surface area contributed by atoms with Crippen LogP contribution >= 0.6 is 22.7 Å². The number of likely N-dealkylation sites (N-methyl/N-ethyl adjacent to an activating group) is 1. The predicted octanol–water partition coefficient (Wildman–Crippen LogP) is 3.50. The lowest BCUT2D eigenvalue weighted by Crippen LogP contribution is -2.34. The van der Waals surface area contributed by atoms with Crippen molar-refractivity contribution in [1.29, 1.82) is 0 Å². The third-order valence-corrected chi connectivity index (χ3v) is 5.10. The maximum absolute atomic E-state index is 12.3. The van der Waals surface area contributed by atoms with Gasteiger partial charge in [-0.1, -0.05) is 11.2 Å². The number of nitrogens with zero attached hydrogens (tertiary/aromatic N) is 2. The first-order chi connectivity index (χ1) is 11.1. The van der Waals surface area contributed by atoms with Gasteiger partial charge in [0.25, 0.3) is 5.91 Å². The standard InChI is InChI=1S/C16H17N3O2S2/c1-19(2)13(11-5-7-22-10-11)9-17-16(20)12-8-14(21-18-12)15-4-3-6-23-15/h3-8,10,13H,9H2,1-2H3,(H,17,20). The first-order valence-electron chi connectivity index (χ1n) is 7.12. The second kappa shape index (κ2) is 7.08. The summed E-state index contributed by atoms with van der Waals surface area (Å²) in [5.74, 6) is 0.394. The minimum absolute atomic E-state index is 0.133. The fourth-order valence-corrected chi connectivity index (χ4v) is 3.64. The topological polar surface area (TPSA) is 58.4 Å². The zero-order chi connectivity index (χ0) is 16.2. The molecule has 0 saturated heterocycles. The Kier molecular flexibility index (Phi) is 4.90. The van der Waals surface area contributed by atoms with Crippen molar-refractivity contribution < 1.29 is 9.32 Å². The van der Waals surface area contributed by atoms with Crippen molar-refractivity contribution in [3.05, 3.63) is 51.7 Å². The van der Waals surface area contributed by atoms with E-state index in [1.807, 2.05) is 37.0 Å². The number of nitrogens with one attached hydrogen (secondary N) is 1. The first kappa shape index (κ1) is 15.9. The van der Waals surface area contributed by atoms with Gasteiger partial charge >= 0.3 is 0 Å². The minimum Gasteiger partial charge on any atom is -0.355 e. The van der Waals surface area contributed by atoms with Crippen molar-refractivity contribution in [2.24, 2.45) is 0 Å². The number of hydrogen-bond donors (Lipinski definition) is 1. The SMILES string of the molecule is CN(C)C(CNC(=O)c1cc(-c2cccs2)on1)c1ccsc1. The van der Waals surface area contributed by atoms with Gasteiger partial charge in [0.05, 0.1) is 10.9 Å². The Hall–Kier alpha value is -1.96. The Morgan fingerprint density at radius 2 is 2.26 bits per heavy atom. The average Bonchev–Trinajstić information content (AvgIpc) is 3.27. The lowest BCUT2D eigenvalue weighted by Gasteiger charge is -2.23. The number of carbonyl (C=O) groups excluding carboxylic acids is 1. The van der Waals surface area contributed by atoms with Crippen LogP contribution < -0.4 is 5.32 Å². The van der Waals surface area contributed by atoms with Gasteiger partial charge < -0.3 is 14.7 Å². The predicted molar refractivity (Wildman–Crippen MR) is 92.9 cm³/mol. The Morgan fingerprint density at radius 3 is 2.91 bits per heavy atom. The van der Waals surface area contributed by atoms with Crippen LogP contribution in [-0.4, -0.2) is 36.6 Å². The van der Waals surface area contributed by atoms with E-state index in [1.165, 1.54) is 5.56 Å². The lowest BCUT2D eigenvalue weighted by atomic mass is 10.1. The number of thiophene rings is 2. The molecule has 120 valence electrons. The summed E-state index contributed by atoms with van der Waals surface area (Å²) in [4.78, 5) is 15.3. The van der Waals surface area contributed by atoms with Gasteiger partial charge in [-0.15, -0.1) is 11.3 Å². The van der Waals surface area contributed by atoms with Crippen LogP contribution in [0.3, 0.4) is 0 Å². The molecule has 0 aromatic carbocycles. The van der Waals surface area contributed by atoms with Gasteiger partial charge in [0.15, 0.2) is 11.5 Å². The summed E-state index contributed by atoms with van der Waals surface area (Å²) in [5.41, 5.74) is 1.50. The van der Waals surface area contributed by atoms with Gasteiger partial charge in [0.1, 0.15) is 0 Å². The molecule has 1 N–H and O–H groups in total. The summed E-state index contributed by atoms with van der Waals surface area (Å²) in [6.07, 6.45) is 0. The largest absolute Gasteiger partial charge is 0.355 e. The fraction of sp³-hybridized carbons (Fsp3) is 0.250. The number of rotatable bonds is 6. The molecule has 3 aromatic rings. The summed E-state index contributed by atoms with van der Waals surface area (Å²) < 4.78 is 5.25. The van der Waals surface area contributed by atoms with Crippen LogP contribution in [0, 0.1) is 0 Å². The summed E-state index contributed by atoms with van der Waals surface area (Å²) in [5, 5.41) is 12.9. The van der Waals surface area contributed by atoms with E-state index in [9.17, 15) is 4.79 Å². The van der Waals surface area contributed by atoms with E-state index in [0.29, 0.717) is 18.0 Å². The molecule has 0 aliphatic carbocycles. The lowest BCUT2D eigenvalue weighted by molar-refractivity contribution is 0.0933. The maximum Gasteiger partial charge on any atom is 0.273 e. The summed E-state index contributed by atoms with van der Waals surface area (Å²) in [7, 11) is 4.00. The third kappa shape index (κ3) is 3.69. The summed E-state index contributed by atoms with van der Waals surface area (Å²) in [6.45, 7) is 0.518. The van der Waals surface area contributed by atoms with Gasteiger partial charge in [-0.25, -0.2) is 0 Å².